The van der Waals surface area contributed by atoms with Gasteiger partial charge in [-0.25, -0.2) is 0 Å². The highest BCUT2D eigenvalue weighted by molar-refractivity contribution is 8.15. The average Bonchev–Trinajstić information content (AvgIpc) is 3.44. The van der Waals surface area contributed by atoms with Crippen molar-refractivity contribution in [1.82, 2.24) is 10.6 Å². The van der Waals surface area contributed by atoms with Gasteiger partial charge >= 0.3 is 0 Å². The molecule has 4 amide bonds. The van der Waals surface area contributed by atoms with Crippen LogP contribution < -0.4 is 24.8 Å². The van der Waals surface area contributed by atoms with E-state index in [-0.39, 0.29) is 27.6 Å². The molecule has 1 fully saturated rings. The van der Waals surface area contributed by atoms with Crippen LogP contribution in [-0.2, 0) is 40.1 Å². The van der Waals surface area contributed by atoms with Gasteiger partial charge in [0, 0.05) is 17.9 Å². The lowest BCUT2D eigenvalue weighted by Gasteiger charge is -2.13. The van der Waals surface area contributed by atoms with E-state index in [1.165, 1.54) is 11.8 Å². The van der Waals surface area contributed by atoms with Gasteiger partial charge in [0.1, 0.15) is 17.2 Å². The number of hydrogen-bond donors (Lipinski definition) is 2. The Balaban J connectivity index is 0.000000225. The van der Waals surface area contributed by atoms with Crippen LogP contribution in [0.5, 0.6) is 17.2 Å². The smallest absolute Gasteiger partial charge is 0.286 e. The lowest BCUT2D eigenvalue weighted by Crippen LogP contribution is -2.32. The summed E-state index contributed by atoms with van der Waals surface area (Å²) in [5.74, 6) is 1.93. The predicted octanol–water partition coefficient (Wildman–Crippen LogP) is 6.72. The minimum Gasteiger partial charge on any atom is -0.496 e. The predicted molar refractivity (Wildman–Crippen MR) is 200 cm³/mol. The SMILES string of the molecule is COc1ccccc1CCOc1ccc(CC2SC(=O)NC2=O)cc1.CSC(Cc1ccc(OCCc2cccc(Cl)c2)cc1)C(=O)NC=O. The molecule has 5 rings (SSSR count). The van der Waals surface area contributed by atoms with Crippen LogP contribution in [0.3, 0.4) is 0 Å². The molecule has 0 radical (unpaired) electrons. The second kappa shape index (κ2) is 20.3. The maximum atomic E-state index is 11.7. The van der Waals surface area contributed by atoms with Gasteiger partial charge in [-0.2, -0.15) is 11.8 Å². The molecule has 0 aromatic heterocycles. The summed E-state index contributed by atoms with van der Waals surface area (Å²) >= 11 is 8.42. The molecule has 0 saturated carbocycles. The lowest BCUT2D eigenvalue weighted by atomic mass is 10.1. The zero-order valence-electron chi connectivity index (χ0n) is 27.8. The molecule has 12 heteroatoms. The lowest BCUT2D eigenvalue weighted by molar-refractivity contribution is -0.125. The number of nitrogens with one attached hydrogen (secondary N) is 2. The number of rotatable bonds is 16. The van der Waals surface area contributed by atoms with Crippen molar-refractivity contribution in [2.45, 2.75) is 36.2 Å². The number of methoxy groups -OCH3 is 1. The summed E-state index contributed by atoms with van der Waals surface area (Å²) in [5.41, 5.74) is 4.26. The van der Waals surface area contributed by atoms with Crippen LogP contribution in [0.4, 0.5) is 4.79 Å². The number of benzene rings is 4. The molecular formula is C38H39ClN2O7S2. The normalized spacial score (nSPS) is 14.1. The fourth-order valence-corrected chi connectivity index (χ4v) is 6.71. The van der Waals surface area contributed by atoms with Crippen molar-refractivity contribution in [3.05, 3.63) is 124 Å². The maximum Gasteiger partial charge on any atom is 0.286 e. The molecule has 1 aliphatic heterocycles. The monoisotopic (exact) mass is 734 g/mol. The van der Waals surface area contributed by atoms with E-state index in [1.807, 2.05) is 103 Å². The fourth-order valence-electron chi connectivity index (χ4n) is 5.00. The van der Waals surface area contributed by atoms with Gasteiger partial charge in [-0.3, -0.25) is 29.8 Å². The van der Waals surface area contributed by atoms with E-state index in [2.05, 4.69) is 10.6 Å². The van der Waals surface area contributed by atoms with Crippen LogP contribution in [-0.4, -0.2) is 60.5 Å². The molecule has 9 nitrogen and oxygen atoms in total. The molecule has 0 aliphatic carbocycles. The topological polar surface area (TPSA) is 120 Å². The Morgan fingerprint density at radius 2 is 1.56 bits per heavy atom. The van der Waals surface area contributed by atoms with Crippen molar-refractivity contribution < 1.29 is 33.4 Å². The Morgan fingerprint density at radius 3 is 2.16 bits per heavy atom. The van der Waals surface area contributed by atoms with Gasteiger partial charge in [-0.15, -0.1) is 0 Å². The molecular weight excluding hydrogens is 696 g/mol. The third-order valence-electron chi connectivity index (χ3n) is 7.62. The standard InChI is InChI=1S/C19H20ClNO3S.C19H19NO4S/c1-25-18(19(23)21-13-22)12-15-5-7-17(8-6-15)24-10-9-14-3-2-4-16(20)11-14;1-23-16-5-3-2-4-14(16)10-11-24-15-8-6-13(7-9-15)12-17-18(21)20-19(22)25-17/h2-8,11,13,18H,9-10,12H2,1H3,(H,21,22,23);2-9,17H,10-12H2,1H3,(H,20,21,22). The molecule has 4 aromatic carbocycles. The molecule has 1 aliphatic rings. The molecule has 262 valence electrons. The molecule has 2 atom stereocenters. The van der Waals surface area contributed by atoms with Gasteiger partial charge in [-0.05, 0) is 83.8 Å². The van der Waals surface area contributed by atoms with E-state index in [4.69, 9.17) is 25.8 Å². The molecule has 0 bridgehead atoms. The molecule has 1 heterocycles. The average molecular weight is 735 g/mol. The number of ether oxygens (including phenoxy) is 3. The fraction of sp³-hybridized carbons (Fsp3) is 0.263. The van der Waals surface area contributed by atoms with E-state index in [1.54, 1.807) is 7.11 Å². The van der Waals surface area contributed by atoms with Crippen LogP contribution in [0.15, 0.2) is 97.1 Å². The Morgan fingerprint density at radius 1 is 0.900 bits per heavy atom. The molecule has 4 aromatic rings. The molecule has 2 unspecified atom stereocenters. The van der Waals surface area contributed by atoms with E-state index in [0.717, 1.165) is 69.1 Å². The Bertz CT molecular complexity index is 1720. The van der Waals surface area contributed by atoms with Gasteiger partial charge in [0.25, 0.3) is 5.24 Å². The first-order valence-electron chi connectivity index (χ1n) is 15.9. The van der Waals surface area contributed by atoms with Gasteiger partial charge < -0.3 is 14.2 Å². The van der Waals surface area contributed by atoms with Crippen LogP contribution in [0.2, 0.25) is 5.02 Å². The summed E-state index contributed by atoms with van der Waals surface area (Å²) in [5, 5.41) is 4.32. The summed E-state index contributed by atoms with van der Waals surface area (Å²) in [6, 6.07) is 30.9. The summed E-state index contributed by atoms with van der Waals surface area (Å²) in [6.07, 6.45) is 4.90. The van der Waals surface area contributed by atoms with Crippen molar-refractivity contribution in [2.75, 3.05) is 26.6 Å². The Kier molecular flexibility index (Phi) is 15.6. The summed E-state index contributed by atoms with van der Waals surface area (Å²) in [7, 11) is 1.66. The summed E-state index contributed by atoms with van der Waals surface area (Å²) in [6.45, 7) is 1.12. The van der Waals surface area contributed by atoms with Crippen LogP contribution in [0, 0.1) is 0 Å². The van der Waals surface area contributed by atoms with Crippen LogP contribution >= 0.6 is 35.1 Å². The number of carbonyl (C=O) groups excluding carboxylic acids is 4. The number of amides is 4. The first kappa shape index (κ1) is 38.4. The first-order chi connectivity index (χ1) is 24.3. The molecule has 50 heavy (non-hydrogen) atoms. The van der Waals surface area contributed by atoms with Crippen molar-refractivity contribution in [1.29, 1.82) is 0 Å². The Labute approximate surface area is 305 Å². The minimum absolute atomic E-state index is 0.216. The van der Waals surface area contributed by atoms with Crippen molar-refractivity contribution in [3.8, 4) is 17.2 Å². The van der Waals surface area contributed by atoms with Crippen LogP contribution in [0.25, 0.3) is 0 Å². The second-order valence-corrected chi connectivity index (χ2v) is 13.7. The third kappa shape index (κ3) is 12.5. The van der Waals surface area contributed by atoms with E-state index in [9.17, 15) is 19.2 Å². The molecule has 2 N–H and O–H groups in total. The van der Waals surface area contributed by atoms with Crippen molar-refractivity contribution in [3.63, 3.8) is 0 Å². The summed E-state index contributed by atoms with van der Waals surface area (Å²) in [4.78, 5) is 44.9. The van der Waals surface area contributed by atoms with Gasteiger partial charge in [0.2, 0.25) is 18.2 Å². The number of para-hydroxylation sites is 1. The Hall–Kier alpha value is -4.45. The quantitative estimate of drug-likeness (QED) is 0.121. The third-order valence-corrected chi connectivity index (χ3v) is 9.78. The number of halogens is 1. The zero-order chi connectivity index (χ0) is 35.7. The molecule has 1 saturated heterocycles. The first-order valence-corrected chi connectivity index (χ1v) is 18.4. The summed E-state index contributed by atoms with van der Waals surface area (Å²) < 4.78 is 16.9. The highest BCUT2D eigenvalue weighted by atomic mass is 35.5. The second-order valence-electron chi connectivity index (χ2n) is 11.1. The largest absolute Gasteiger partial charge is 0.496 e. The minimum atomic E-state index is -0.343. The van der Waals surface area contributed by atoms with Gasteiger partial charge in [-0.1, -0.05) is 78.0 Å². The highest BCUT2D eigenvalue weighted by Gasteiger charge is 2.31. The number of imide groups is 2. The van der Waals surface area contributed by atoms with E-state index >= 15 is 0 Å². The number of thioether (sulfide) groups is 2. The van der Waals surface area contributed by atoms with Crippen LogP contribution in [0.1, 0.15) is 22.3 Å². The van der Waals surface area contributed by atoms with Crippen molar-refractivity contribution >= 4 is 58.6 Å². The van der Waals surface area contributed by atoms with Gasteiger partial charge in [0.15, 0.2) is 0 Å². The molecule has 0 spiro atoms. The number of carbonyl (C=O) groups is 4. The number of hydrogen-bond acceptors (Lipinski definition) is 9. The highest BCUT2D eigenvalue weighted by Crippen LogP contribution is 2.24. The van der Waals surface area contributed by atoms with Crippen molar-refractivity contribution in [2.24, 2.45) is 0 Å². The van der Waals surface area contributed by atoms with E-state index in [0.29, 0.717) is 32.5 Å². The van der Waals surface area contributed by atoms with Gasteiger partial charge in [0.05, 0.1) is 30.8 Å². The van der Waals surface area contributed by atoms with E-state index < -0.39 is 0 Å². The maximum absolute atomic E-state index is 11.7. The zero-order valence-corrected chi connectivity index (χ0v) is 30.2.